The summed E-state index contributed by atoms with van der Waals surface area (Å²) in [7, 11) is 0. The van der Waals surface area contributed by atoms with Gasteiger partial charge in [-0.25, -0.2) is 0 Å². The van der Waals surface area contributed by atoms with E-state index >= 15 is 0 Å². The molecule has 3 aromatic rings. The van der Waals surface area contributed by atoms with E-state index in [9.17, 15) is 9.59 Å². The summed E-state index contributed by atoms with van der Waals surface area (Å²) in [5.41, 5.74) is 4.89. The van der Waals surface area contributed by atoms with E-state index in [0.29, 0.717) is 16.9 Å². The van der Waals surface area contributed by atoms with Gasteiger partial charge in [-0.05, 0) is 49.2 Å². The topological polar surface area (TPSA) is 62.3 Å². The maximum Gasteiger partial charge on any atom is 0.274 e. The molecule has 0 bridgehead atoms. The van der Waals surface area contributed by atoms with Crippen LogP contribution >= 0.6 is 0 Å². The summed E-state index contributed by atoms with van der Waals surface area (Å²) in [6, 6.07) is 18.9. The molecular formula is C22H19N3O2. The van der Waals surface area contributed by atoms with Crippen LogP contribution in [0.5, 0.6) is 0 Å². The van der Waals surface area contributed by atoms with Crippen molar-refractivity contribution in [3.63, 3.8) is 0 Å². The number of carbonyl (C=O) groups is 2. The highest BCUT2D eigenvalue weighted by molar-refractivity contribution is 6.04. The smallest absolute Gasteiger partial charge is 0.274 e. The number of carbonyl (C=O) groups excluding carboxylic acids is 2. The van der Waals surface area contributed by atoms with Crippen LogP contribution in [0, 0.1) is 0 Å². The third-order valence-corrected chi connectivity index (χ3v) is 4.70. The number of anilines is 3. The van der Waals surface area contributed by atoms with Crippen LogP contribution in [0.1, 0.15) is 33.3 Å². The molecule has 4 rings (SSSR count). The largest absolute Gasteiger partial charge is 0.341 e. The number of hydrogen-bond donors (Lipinski definition) is 1. The molecule has 0 unspecified atom stereocenters. The predicted molar refractivity (Wildman–Crippen MR) is 106 cm³/mol. The van der Waals surface area contributed by atoms with Gasteiger partial charge >= 0.3 is 0 Å². The number of nitrogens with one attached hydrogen (secondary N) is 1. The van der Waals surface area contributed by atoms with Crippen molar-refractivity contribution >= 4 is 28.8 Å². The van der Waals surface area contributed by atoms with Gasteiger partial charge in [-0.3, -0.25) is 14.6 Å². The lowest BCUT2D eigenvalue weighted by molar-refractivity contribution is 0.100. The predicted octanol–water partition coefficient (Wildman–Crippen LogP) is 4.23. The fraction of sp³-hybridized carbons (Fsp3) is 0.136. The van der Waals surface area contributed by atoms with E-state index in [1.807, 2.05) is 18.2 Å². The molecular weight excluding hydrogens is 338 g/mol. The molecule has 1 aliphatic rings. The summed E-state index contributed by atoms with van der Waals surface area (Å²) >= 11 is 0. The number of fused-ring (bicyclic) bond motifs is 1. The van der Waals surface area contributed by atoms with Crippen LogP contribution in [0.4, 0.5) is 17.1 Å². The molecule has 2 aromatic carbocycles. The highest BCUT2D eigenvalue weighted by Crippen LogP contribution is 2.34. The van der Waals surface area contributed by atoms with E-state index in [1.54, 1.807) is 36.5 Å². The first-order chi connectivity index (χ1) is 13.1. The van der Waals surface area contributed by atoms with Crippen LogP contribution in [0.15, 0.2) is 66.9 Å². The monoisotopic (exact) mass is 357 g/mol. The van der Waals surface area contributed by atoms with Crippen LogP contribution in [0.25, 0.3) is 0 Å². The lowest BCUT2D eigenvalue weighted by atomic mass is 10.1. The number of rotatable bonds is 4. The molecule has 2 heterocycles. The van der Waals surface area contributed by atoms with Crippen molar-refractivity contribution in [1.29, 1.82) is 0 Å². The molecule has 0 saturated heterocycles. The number of hydrogen-bond acceptors (Lipinski definition) is 4. The zero-order chi connectivity index (χ0) is 18.8. The van der Waals surface area contributed by atoms with E-state index in [2.05, 4.69) is 27.3 Å². The van der Waals surface area contributed by atoms with Crippen molar-refractivity contribution in [3.8, 4) is 0 Å². The van der Waals surface area contributed by atoms with Crippen LogP contribution in [-0.4, -0.2) is 23.2 Å². The molecule has 0 radical (unpaired) electrons. The lowest BCUT2D eigenvalue weighted by Crippen LogP contribution is -2.17. The van der Waals surface area contributed by atoms with Gasteiger partial charge < -0.3 is 10.2 Å². The van der Waals surface area contributed by atoms with Crippen molar-refractivity contribution < 1.29 is 9.59 Å². The Labute approximate surface area is 157 Å². The summed E-state index contributed by atoms with van der Waals surface area (Å²) < 4.78 is 0. The molecule has 1 N–H and O–H groups in total. The number of ketones is 1. The van der Waals surface area contributed by atoms with Crippen molar-refractivity contribution in [2.45, 2.75) is 13.3 Å². The molecule has 1 amide bonds. The van der Waals surface area contributed by atoms with Gasteiger partial charge in [-0.15, -0.1) is 0 Å². The van der Waals surface area contributed by atoms with E-state index < -0.39 is 0 Å². The highest BCUT2D eigenvalue weighted by Gasteiger charge is 2.21. The third kappa shape index (κ3) is 3.44. The number of amides is 1. The van der Waals surface area contributed by atoms with Gasteiger partial charge in [0.2, 0.25) is 0 Å². The van der Waals surface area contributed by atoms with Crippen molar-refractivity contribution in [2.75, 3.05) is 16.8 Å². The summed E-state index contributed by atoms with van der Waals surface area (Å²) in [6.07, 6.45) is 2.63. The second-order valence-electron chi connectivity index (χ2n) is 6.52. The second-order valence-corrected chi connectivity index (χ2v) is 6.52. The van der Waals surface area contributed by atoms with Crippen LogP contribution in [0.3, 0.4) is 0 Å². The van der Waals surface area contributed by atoms with Gasteiger partial charge in [0.25, 0.3) is 5.91 Å². The van der Waals surface area contributed by atoms with Crippen LogP contribution < -0.4 is 10.2 Å². The van der Waals surface area contributed by atoms with Gasteiger partial charge in [0.1, 0.15) is 5.69 Å². The maximum atomic E-state index is 12.6. The minimum Gasteiger partial charge on any atom is -0.341 e. The lowest BCUT2D eigenvalue weighted by Gasteiger charge is -2.19. The zero-order valence-electron chi connectivity index (χ0n) is 15.0. The fourth-order valence-corrected chi connectivity index (χ4v) is 3.33. The van der Waals surface area contributed by atoms with Crippen LogP contribution in [0.2, 0.25) is 0 Å². The minimum atomic E-state index is -0.301. The molecule has 5 nitrogen and oxygen atoms in total. The molecule has 0 spiro atoms. The molecule has 134 valence electrons. The number of para-hydroxylation sites is 1. The maximum absolute atomic E-state index is 12.6. The Bertz CT molecular complexity index is 1030. The average Bonchev–Trinajstić information content (AvgIpc) is 3.12. The fourth-order valence-electron chi connectivity index (χ4n) is 3.33. The molecule has 1 aromatic heterocycles. The Morgan fingerprint density at radius 3 is 2.74 bits per heavy atom. The molecule has 1 aliphatic heterocycles. The Kier molecular flexibility index (Phi) is 4.42. The first-order valence-corrected chi connectivity index (χ1v) is 8.86. The Morgan fingerprint density at radius 1 is 1.04 bits per heavy atom. The van der Waals surface area contributed by atoms with Crippen molar-refractivity contribution in [1.82, 2.24) is 4.98 Å². The van der Waals surface area contributed by atoms with Crippen molar-refractivity contribution in [3.05, 3.63) is 83.7 Å². The molecule has 0 aliphatic carbocycles. The number of nitrogens with zero attached hydrogens (tertiary/aromatic N) is 2. The number of pyridine rings is 1. The van der Waals surface area contributed by atoms with Gasteiger partial charge in [-0.1, -0.05) is 30.3 Å². The Morgan fingerprint density at radius 2 is 1.89 bits per heavy atom. The van der Waals surface area contributed by atoms with Gasteiger partial charge in [-0.2, -0.15) is 0 Å². The molecule has 0 saturated carbocycles. The molecule has 5 heteroatoms. The Balaban J connectivity index is 1.57. The van der Waals surface area contributed by atoms with Crippen LogP contribution in [-0.2, 0) is 6.42 Å². The van der Waals surface area contributed by atoms with E-state index in [0.717, 1.165) is 18.7 Å². The quantitative estimate of drug-likeness (QED) is 0.710. The SMILES string of the molecule is CC(=O)c1cccc(NC(=O)c2cc(N3CCc4ccccc43)ccn2)c1. The number of benzene rings is 2. The highest BCUT2D eigenvalue weighted by atomic mass is 16.2. The van der Waals surface area contributed by atoms with E-state index in [1.165, 1.54) is 18.2 Å². The molecule has 27 heavy (non-hydrogen) atoms. The second kappa shape index (κ2) is 7.03. The first kappa shape index (κ1) is 17.0. The Hall–Kier alpha value is -3.47. The summed E-state index contributed by atoms with van der Waals surface area (Å²) in [5.74, 6) is -0.344. The molecule has 0 fully saturated rings. The summed E-state index contributed by atoms with van der Waals surface area (Å²) in [5, 5.41) is 2.82. The third-order valence-electron chi connectivity index (χ3n) is 4.70. The van der Waals surface area contributed by atoms with Gasteiger partial charge in [0.05, 0.1) is 0 Å². The summed E-state index contributed by atoms with van der Waals surface area (Å²) in [4.78, 5) is 30.6. The first-order valence-electron chi connectivity index (χ1n) is 8.86. The summed E-state index contributed by atoms with van der Waals surface area (Å²) in [6.45, 7) is 2.38. The normalized spacial score (nSPS) is 12.6. The number of aromatic nitrogens is 1. The van der Waals surface area contributed by atoms with Gasteiger partial charge in [0, 0.05) is 35.4 Å². The van der Waals surface area contributed by atoms with Gasteiger partial charge in [0.15, 0.2) is 5.78 Å². The molecule has 0 atom stereocenters. The number of Topliss-reactive ketones (excluding diaryl/α,β-unsaturated/α-hetero) is 1. The van der Waals surface area contributed by atoms with E-state index in [4.69, 9.17) is 0 Å². The van der Waals surface area contributed by atoms with E-state index in [-0.39, 0.29) is 11.7 Å². The standard InChI is InChI=1S/C22H19N3O2/c1-15(26)17-6-4-7-18(13-17)24-22(27)20-14-19(9-11-23-20)25-12-10-16-5-2-3-8-21(16)25/h2-9,11,13-14H,10,12H2,1H3,(H,24,27). The minimum absolute atomic E-state index is 0.0427. The van der Waals surface area contributed by atoms with Crippen molar-refractivity contribution in [2.24, 2.45) is 0 Å². The zero-order valence-corrected chi connectivity index (χ0v) is 15.0. The average molecular weight is 357 g/mol.